The minimum Gasteiger partial charge on any atom is -0.335 e. The monoisotopic (exact) mass is 1030 g/mol. The molecule has 0 saturated heterocycles. The standard InChI is InChI=1S/C74H84BN3/c1-45-38-62-65-63(39-45)78-66-57(73(15)32-19-20-33-74(73,78)16)40-46(67(2,3)4)41-59(66)75(65)58-31-28-49(44-61(58)77(62)60-25-21-24-54-64(60)50-22-17-18-23-51(50)72(54,13)14)76(47-26-29-52-55(42-47)70(9,10)36-34-68(52,5)6)48-27-30-53-56(43-48)71(11,12)37-35-69(53,7)8/h17-18,21-31,38-44H,19-20,32-37H2,1-16H3. The van der Waals surface area contributed by atoms with Crippen LogP contribution in [0.4, 0.5) is 45.5 Å². The average Bonchev–Trinajstić information content (AvgIpc) is 3.57. The zero-order valence-electron chi connectivity index (χ0n) is 50.1. The lowest BCUT2D eigenvalue weighted by atomic mass is 9.33. The lowest BCUT2D eigenvalue weighted by Gasteiger charge is -2.53. The number of hydrogen-bond acceptors (Lipinski definition) is 3. The highest BCUT2D eigenvalue weighted by Crippen LogP contribution is 2.63. The quantitative estimate of drug-likeness (QED) is 0.163. The molecule has 1 saturated carbocycles. The van der Waals surface area contributed by atoms with E-state index in [1.165, 1.54) is 169 Å². The van der Waals surface area contributed by atoms with Gasteiger partial charge in [-0.2, -0.15) is 0 Å². The van der Waals surface area contributed by atoms with Gasteiger partial charge in [0, 0.05) is 56.2 Å². The molecule has 7 aliphatic rings. The summed E-state index contributed by atoms with van der Waals surface area (Å²) < 4.78 is 0. The van der Waals surface area contributed by atoms with Gasteiger partial charge in [-0.15, -0.1) is 0 Å². The summed E-state index contributed by atoms with van der Waals surface area (Å²) in [4.78, 5) is 8.31. The highest BCUT2D eigenvalue weighted by Gasteiger charge is 2.62. The zero-order chi connectivity index (χ0) is 54.8. The van der Waals surface area contributed by atoms with Gasteiger partial charge in [0.2, 0.25) is 0 Å². The summed E-state index contributed by atoms with van der Waals surface area (Å²) in [6, 6.07) is 49.7. The molecule has 398 valence electrons. The molecule has 1 fully saturated rings. The van der Waals surface area contributed by atoms with E-state index in [4.69, 9.17) is 0 Å². The van der Waals surface area contributed by atoms with Crippen molar-refractivity contribution in [2.45, 2.75) is 206 Å². The lowest BCUT2D eigenvalue weighted by molar-refractivity contribution is 0.195. The van der Waals surface area contributed by atoms with Gasteiger partial charge >= 0.3 is 0 Å². The van der Waals surface area contributed by atoms with Gasteiger partial charge in [0.15, 0.2) is 0 Å². The Morgan fingerprint density at radius 2 is 1.03 bits per heavy atom. The molecular formula is C74H84BN3. The van der Waals surface area contributed by atoms with Crippen molar-refractivity contribution < 1.29 is 0 Å². The molecule has 4 heteroatoms. The Morgan fingerprint density at radius 1 is 0.462 bits per heavy atom. The maximum absolute atomic E-state index is 2.91. The summed E-state index contributed by atoms with van der Waals surface area (Å²) in [5, 5.41) is 0. The molecule has 0 amide bonds. The van der Waals surface area contributed by atoms with Crippen molar-refractivity contribution in [3.05, 3.63) is 171 Å². The Morgan fingerprint density at radius 3 is 1.67 bits per heavy atom. The lowest BCUT2D eigenvalue weighted by Crippen LogP contribution is -2.64. The molecule has 3 nitrogen and oxygen atoms in total. The highest BCUT2D eigenvalue weighted by atomic mass is 15.3. The van der Waals surface area contributed by atoms with Crippen molar-refractivity contribution in [1.82, 2.24) is 0 Å². The van der Waals surface area contributed by atoms with Gasteiger partial charge in [0.05, 0.1) is 11.2 Å². The third-order valence-electron chi connectivity index (χ3n) is 22.3. The molecule has 3 aliphatic heterocycles. The average molecular weight is 1030 g/mol. The third kappa shape index (κ3) is 6.64. The van der Waals surface area contributed by atoms with Crippen LogP contribution in [0.5, 0.6) is 0 Å². The summed E-state index contributed by atoms with van der Waals surface area (Å²) >= 11 is 0. The first-order valence-electron chi connectivity index (χ1n) is 30.1. The van der Waals surface area contributed by atoms with Gasteiger partial charge < -0.3 is 14.7 Å². The first-order chi connectivity index (χ1) is 36.7. The van der Waals surface area contributed by atoms with Gasteiger partial charge in [0.1, 0.15) is 0 Å². The fourth-order valence-electron chi connectivity index (χ4n) is 17.1. The molecule has 0 bridgehead atoms. The van der Waals surface area contributed by atoms with Crippen LogP contribution in [0.1, 0.15) is 205 Å². The fourth-order valence-corrected chi connectivity index (χ4v) is 17.1. The molecule has 4 aliphatic carbocycles. The van der Waals surface area contributed by atoms with E-state index in [9.17, 15) is 0 Å². The van der Waals surface area contributed by atoms with Crippen LogP contribution < -0.4 is 31.1 Å². The molecule has 7 aromatic rings. The van der Waals surface area contributed by atoms with Crippen LogP contribution in [-0.4, -0.2) is 12.3 Å². The van der Waals surface area contributed by atoms with Crippen molar-refractivity contribution in [2.24, 2.45) is 0 Å². The van der Waals surface area contributed by atoms with Crippen LogP contribution in [0.25, 0.3) is 11.1 Å². The van der Waals surface area contributed by atoms with E-state index in [1.807, 2.05) is 0 Å². The van der Waals surface area contributed by atoms with Crippen LogP contribution in [0.2, 0.25) is 0 Å². The van der Waals surface area contributed by atoms with E-state index < -0.39 is 0 Å². The summed E-state index contributed by atoms with van der Waals surface area (Å²) in [5.74, 6) is 0. The minimum absolute atomic E-state index is 0.0143. The number of hydrogen-bond donors (Lipinski definition) is 0. The number of nitrogens with zero attached hydrogens (tertiary/aromatic N) is 3. The number of anilines is 8. The number of aryl methyl sites for hydroxylation is 1. The molecule has 3 heterocycles. The first kappa shape index (κ1) is 50.2. The SMILES string of the molecule is Cc1cc2c3c(c1)N1c4c(cc(C(C)(C)C)cc4C4(C)CCCCC14C)B3c1ccc(N(c3ccc4c(c3)C(C)(C)CCC4(C)C)c3ccc4c(c3)C(C)(C)CCC4(C)C)cc1N2c1cccc2c1-c1ccccc1C2(C)C. The van der Waals surface area contributed by atoms with E-state index >= 15 is 0 Å². The van der Waals surface area contributed by atoms with Gasteiger partial charge in [-0.25, -0.2) is 0 Å². The Labute approximate surface area is 469 Å². The Balaban J connectivity index is 1.09. The summed E-state index contributed by atoms with van der Waals surface area (Å²) in [7, 11) is 0. The summed E-state index contributed by atoms with van der Waals surface area (Å²) in [6.07, 6.45) is 9.66. The van der Waals surface area contributed by atoms with E-state index in [1.54, 1.807) is 5.56 Å². The maximum Gasteiger partial charge on any atom is 0.252 e. The molecule has 78 heavy (non-hydrogen) atoms. The molecule has 2 unspecified atom stereocenters. The Hall–Kier alpha value is -6.00. The predicted octanol–water partition coefficient (Wildman–Crippen LogP) is 18.1. The smallest absolute Gasteiger partial charge is 0.252 e. The minimum atomic E-state index is -0.147. The van der Waals surface area contributed by atoms with Crippen LogP contribution in [0, 0.1) is 6.92 Å². The molecule has 0 spiro atoms. The molecule has 14 rings (SSSR count). The van der Waals surface area contributed by atoms with Crippen molar-refractivity contribution in [3.8, 4) is 11.1 Å². The van der Waals surface area contributed by atoms with E-state index in [2.05, 4.69) is 247 Å². The topological polar surface area (TPSA) is 9.72 Å². The second-order valence-electron chi connectivity index (χ2n) is 30.3. The van der Waals surface area contributed by atoms with Gasteiger partial charge in [0.25, 0.3) is 6.71 Å². The van der Waals surface area contributed by atoms with Gasteiger partial charge in [-0.1, -0.05) is 177 Å². The molecule has 0 N–H and O–H groups in total. The normalized spacial score (nSPS) is 23.5. The van der Waals surface area contributed by atoms with Crippen molar-refractivity contribution in [1.29, 1.82) is 0 Å². The summed E-state index contributed by atoms with van der Waals surface area (Å²) in [6.45, 7) is 39.6. The highest BCUT2D eigenvalue weighted by molar-refractivity contribution is 7.00. The number of fused-ring (bicyclic) bond motifs is 12. The van der Waals surface area contributed by atoms with Crippen LogP contribution in [0.15, 0.2) is 121 Å². The van der Waals surface area contributed by atoms with Crippen LogP contribution in [0.3, 0.4) is 0 Å². The van der Waals surface area contributed by atoms with Gasteiger partial charge in [-0.3, -0.25) is 0 Å². The van der Waals surface area contributed by atoms with Crippen molar-refractivity contribution >= 4 is 68.6 Å². The van der Waals surface area contributed by atoms with Crippen LogP contribution in [-0.2, 0) is 37.9 Å². The second kappa shape index (κ2) is 15.9. The molecule has 2 atom stereocenters. The second-order valence-corrected chi connectivity index (χ2v) is 30.3. The fraction of sp³-hybridized carbons (Fsp3) is 0.432. The Kier molecular flexibility index (Phi) is 10.2. The largest absolute Gasteiger partial charge is 0.335 e. The zero-order valence-corrected chi connectivity index (χ0v) is 50.1. The number of benzene rings is 7. The maximum atomic E-state index is 2.91. The van der Waals surface area contributed by atoms with Gasteiger partial charge in [-0.05, 0) is 206 Å². The molecular weight excluding hydrogens is 942 g/mol. The molecule has 7 aromatic carbocycles. The van der Waals surface area contributed by atoms with E-state index in [-0.39, 0.29) is 50.2 Å². The van der Waals surface area contributed by atoms with E-state index in [0.29, 0.717) is 0 Å². The third-order valence-corrected chi connectivity index (χ3v) is 22.3. The van der Waals surface area contributed by atoms with Crippen molar-refractivity contribution in [2.75, 3.05) is 14.7 Å². The summed E-state index contributed by atoms with van der Waals surface area (Å²) in [5.41, 5.74) is 30.7. The van der Waals surface area contributed by atoms with Crippen LogP contribution >= 0.6 is 0 Å². The molecule has 0 radical (unpaired) electrons. The van der Waals surface area contributed by atoms with Crippen molar-refractivity contribution in [3.63, 3.8) is 0 Å². The number of rotatable bonds is 4. The Bertz CT molecular complexity index is 3670. The molecule has 0 aromatic heterocycles. The predicted molar refractivity (Wildman–Crippen MR) is 335 cm³/mol. The first-order valence-corrected chi connectivity index (χ1v) is 30.1. The van der Waals surface area contributed by atoms with E-state index in [0.717, 1.165) is 0 Å².